The standard InChI is InChI=1S/C14H15N5O/c1-2-5-19-8-11(7-18-19)20-14-12-4-3-10(15)6-13(12)16-9-17-14/h3-4,6-9H,2,5,15H2,1H3. The van der Waals surface area contributed by atoms with Crippen molar-refractivity contribution in [3.05, 3.63) is 36.9 Å². The Morgan fingerprint density at radius 2 is 2.20 bits per heavy atom. The summed E-state index contributed by atoms with van der Waals surface area (Å²) < 4.78 is 7.63. The molecule has 0 amide bonds. The van der Waals surface area contributed by atoms with Gasteiger partial charge in [-0.15, -0.1) is 0 Å². The molecule has 6 heteroatoms. The van der Waals surface area contributed by atoms with E-state index in [1.54, 1.807) is 18.3 Å². The quantitative estimate of drug-likeness (QED) is 0.736. The second-order valence-corrected chi connectivity index (χ2v) is 4.50. The van der Waals surface area contributed by atoms with Crippen LogP contribution in [0, 0.1) is 0 Å². The maximum atomic E-state index is 5.78. The second-order valence-electron chi connectivity index (χ2n) is 4.50. The zero-order valence-electron chi connectivity index (χ0n) is 11.2. The molecule has 0 atom stereocenters. The third kappa shape index (κ3) is 2.40. The Kier molecular flexibility index (Phi) is 3.20. The van der Waals surface area contributed by atoms with Crippen molar-refractivity contribution in [2.45, 2.75) is 19.9 Å². The molecule has 20 heavy (non-hydrogen) atoms. The summed E-state index contributed by atoms with van der Waals surface area (Å²) in [4.78, 5) is 8.36. The Morgan fingerprint density at radius 1 is 1.30 bits per heavy atom. The number of anilines is 1. The van der Waals surface area contributed by atoms with Gasteiger partial charge < -0.3 is 10.5 Å². The fourth-order valence-corrected chi connectivity index (χ4v) is 1.99. The van der Waals surface area contributed by atoms with E-state index in [1.807, 2.05) is 16.9 Å². The van der Waals surface area contributed by atoms with Crippen LogP contribution < -0.4 is 10.5 Å². The number of rotatable bonds is 4. The third-order valence-electron chi connectivity index (χ3n) is 2.90. The molecule has 0 saturated carbocycles. The summed E-state index contributed by atoms with van der Waals surface area (Å²) in [5.41, 5.74) is 7.17. The van der Waals surface area contributed by atoms with Crippen LogP contribution in [0.1, 0.15) is 13.3 Å². The number of fused-ring (bicyclic) bond motifs is 1. The number of nitrogen functional groups attached to an aromatic ring is 1. The van der Waals surface area contributed by atoms with Gasteiger partial charge in [0.1, 0.15) is 6.33 Å². The van der Waals surface area contributed by atoms with Crippen molar-refractivity contribution in [1.82, 2.24) is 19.7 Å². The SMILES string of the molecule is CCCn1cc(Oc2ncnc3cc(N)ccc23)cn1. The maximum absolute atomic E-state index is 5.78. The summed E-state index contributed by atoms with van der Waals surface area (Å²) in [7, 11) is 0. The Morgan fingerprint density at radius 3 is 3.05 bits per heavy atom. The summed E-state index contributed by atoms with van der Waals surface area (Å²) in [5.74, 6) is 1.17. The molecule has 0 aliphatic heterocycles. The summed E-state index contributed by atoms with van der Waals surface area (Å²) >= 11 is 0. The van der Waals surface area contributed by atoms with Crippen molar-refractivity contribution in [3.8, 4) is 11.6 Å². The van der Waals surface area contributed by atoms with Crippen LogP contribution in [0.25, 0.3) is 10.9 Å². The number of aromatic nitrogens is 4. The van der Waals surface area contributed by atoms with Gasteiger partial charge in [0.05, 0.1) is 23.3 Å². The van der Waals surface area contributed by atoms with E-state index in [-0.39, 0.29) is 0 Å². The number of nitrogens with zero attached hydrogens (tertiary/aromatic N) is 4. The number of nitrogens with two attached hydrogens (primary N) is 1. The van der Waals surface area contributed by atoms with E-state index in [2.05, 4.69) is 22.0 Å². The van der Waals surface area contributed by atoms with Gasteiger partial charge in [-0.2, -0.15) is 5.10 Å². The van der Waals surface area contributed by atoms with Gasteiger partial charge in [0.15, 0.2) is 5.75 Å². The van der Waals surface area contributed by atoms with Gasteiger partial charge in [0.25, 0.3) is 0 Å². The van der Waals surface area contributed by atoms with Gasteiger partial charge in [0.2, 0.25) is 5.88 Å². The Labute approximate surface area is 116 Å². The lowest BCUT2D eigenvalue weighted by molar-refractivity contribution is 0.466. The van der Waals surface area contributed by atoms with E-state index in [0.29, 0.717) is 17.3 Å². The first-order valence-corrected chi connectivity index (χ1v) is 6.47. The van der Waals surface area contributed by atoms with Crippen molar-refractivity contribution < 1.29 is 4.74 Å². The molecule has 0 radical (unpaired) electrons. The topological polar surface area (TPSA) is 78.8 Å². The van der Waals surface area contributed by atoms with Crippen LogP contribution in [0.5, 0.6) is 11.6 Å². The highest BCUT2D eigenvalue weighted by Gasteiger charge is 2.07. The van der Waals surface area contributed by atoms with E-state index in [0.717, 1.165) is 23.9 Å². The zero-order chi connectivity index (χ0) is 13.9. The molecule has 3 rings (SSSR count). The highest BCUT2D eigenvalue weighted by atomic mass is 16.5. The van der Waals surface area contributed by atoms with Crippen LogP contribution in [0.3, 0.4) is 0 Å². The predicted molar refractivity (Wildman–Crippen MR) is 76.5 cm³/mol. The highest BCUT2D eigenvalue weighted by molar-refractivity contribution is 5.85. The number of ether oxygens (including phenoxy) is 1. The maximum Gasteiger partial charge on any atom is 0.230 e. The Bertz CT molecular complexity index is 737. The largest absolute Gasteiger partial charge is 0.435 e. The van der Waals surface area contributed by atoms with Gasteiger partial charge in [-0.3, -0.25) is 4.68 Å². The Hall–Kier alpha value is -2.63. The smallest absolute Gasteiger partial charge is 0.230 e. The van der Waals surface area contributed by atoms with Crippen LogP contribution in [-0.2, 0) is 6.54 Å². The molecular formula is C14H15N5O. The first-order chi connectivity index (χ1) is 9.76. The number of hydrogen-bond acceptors (Lipinski definition) is 5. The molecule has 2 heterocycles. The first kappa shape index (κ1) is 12.4. The zero-order valence-corrected chi connectivity index (χ0v) is 11.2. The monoisotopic (exact) mass is 269 g/mol. The molecule has 6 nitrogen and oxygen atoms in total. The van der Waals surface area contributed by atoms with Gasteiger partial charge >= 0.3 is 0 Å². The van der Waals surface area contributed by atoms with Crippen LogP contribution in [0.2, 0.25) is 0 Å². The minimum Gasteiger partial charge on any atom is -0.435 e. The molecule has 0 spiro atoms. The molecule has 2 aromatic heterocycles. The summed E-state index contributed by atoms with van der Waals surface area (Å²) in [5, 5.41) is 5.05. The number of aryl methyl sites for hydroxylation is 1. The molecule has 102 valence electrons. The van der Waals surface area contributed by atoms with Crippen LogP contribution >= 0.6 is 0 Å². The molecule has 0 bridgehead atoms. The molecular weight excluding hydrogens is 254 g/mol. The molecule has 3 aromatic rings. The molecule has 0 unspecified atom stereocenters. The fourth-order valence-electron chi connectivity index (χ4n) is 1.99. The second kappa shape index (κ2) is 5.16. The van der Waals surface area contributed by atoms with Gasteiger partial charge in [0, 0.05) is 12.2 Å². The third-order valence-corrected chi connectivity index (χ3v) is 2.90. The normalized spacial score (nSPS) is 10.8. The lowest BCUT2D eigenvalue weighted by Crippen LogP contribution is -1.95. The average Bonchev–Trinajstić information content (AvgIpc) is 2.86. The molecule has 2 N–H and O–H groups in total. The molecule has 0 aliphatic carbocycles. The summed E-state index contributed by atoms with van der Waals surface area (Å²) in [6.45, 7) is 2.97. The van der Waals surface area contributed by atoms with E-state index < -0.39 is 0 Å². The molecule has 0 saturated heterocycles. The number of benzene rings is 1. The van der Waals surface area contributed by atoms with Gasteiger partial charge in [-0.1, -0.05) is 6.92 Å². The van der Waals surface area contributed by atoms with Gasteiger partial charge in [-0.25, -0.2) is 9.97 Å². The van der Waals surface area contributed by atoms with Crippen LogP contribution in [0.4, 0.5) is 5.69 Å². The van der Waals surface area contributed by atoms with Crippen molar-refractivity contribution in [3.63, 3.8) is 0 Å². The molecule has 1 aromatic carbocycles. The highest BCUT2D eigenvalue weighted by Crippen LogP contribution is 2.27. The van der Waals surface area contributed by atoms with Crippen molar-refractivity contribution in [1.29, 1.82) is 0 Å². The van der Waals surface area contributed by atoms with Crippen LogP contribution in [-0.4, -0.2) is 19.7 Å². The fraction of sp³-hybridized carbons (Fsp3) is 0.214. The van der Waals surface area contributed by atoms with E-state index >= 15 is 0 Å². The van der Waals surface area contributed by atoms with E-state index in [9.17, 15) is 0 Å². The number of hydrogen-bond donors (Lipinski definition) is 1. The van der Waals surface area contributed by atoms with Gasteiger partial charge in [-0.05, 0) is 24.6 Å². The van der Waals surface area contributed by atoms with Crippen molar-refractivity contribution in [2.75, 3.05) is 5.73 Å². The first-order valence-electron chi connectivity index (χ1n) is 6.47. The van der Waals surface area contributed by atoms with Crippen LogP contribution in [0.15, 0.2) is 36.9 Å². The minimum absolute atomic E-state index is 0.506. The van der Waals surface area contributed by atoms with Crippen molar-refractivity contribution >= 4 is 16.6 Å². The van der Waals surface area contributed by atoms with E-state index in [1.165, 1.54) is 6.33 Å². The lowest BCUT2D eigenvalue weighted by atomic mass is 10.2. The summed E-state index contributed by atoms with van der Waals surface area (Å²) in [6.07, 6.45) is 6.03. The van der Waals surface area contributed by atoms with E-state index in [4.69, 9.17) is 10.5 Å². The van der Waals surface area contributed by atoms with Crippen molar-refractivity contribution in [2.24, 2.45) is 0 Å². The minimum atomic E-state index is 0.506. The lowest BCUT2D eigenvalue weighted by Gasteiger charge is -2.05. The average molecular weight is 269 g/mol. The predicted octanol–water partition coefficient (Wildman–Crippen LogP) is 2.61. The summed E-state index contributed by atoms with van der Waals surface area (Å²) in [6, 6.07) is 5.46. The molecule has 0 fully saturated rings. The Balaban J connectivity index is 1.93. The molecule has 0 aliphatic rings.